The molecule has 0 aliphatic carbocycles. The van der Waals surface area contributed by atoms with Crippen LogP contribution in [0.1, 0.15) is 24.5 Å². The van der Waals surface area contributed by atoms with Crippen molar-refractivity contribution in [2.75, 3.05) is 11.5 Å². The van der Waals surface area contributed by atoms with Crippen molar-refractivity contribution in [2.24, 2.45) is 11.7 Å². The molecule has 5 nitrogen and oxygen atoms in total. The molecule has 0 bridgehead atoms. The van der Waals surface area contributed by atoms with Crippen LogP contribution in [0.15, 0.2) is 10.6 Å². The van der Waals surface area contributed by atoms with E-state index in [1.54, 1.807) is 6.20 Å². The number of aromatic nitrogens is 1. The van der Waals surface area contributed by atoms with Crippen molar-refractivity contribution < 1.29 is 12.8 Å². The molecule has 2 N–H and O–H groups in total. The minimum atomic E-state index is -2.84. The van der Waals surface area contributed by atoms with E-state index in [4.69, 9.17) is 10.2 Å². The quantitative estimate of drug-likeness (QED) is 0.836. The Morgan fingerprint density at radius 3 is 3.00 bits per heavy atom. The highest BCUT2D eigenvalue weighted by Crippen LogP contribution is 2.22. The van der Waals surface area contributed by atoms with Gasteiger partial charge < -0.3 is 10.2 Å². The van der Waals surface area contributed by atoms with Gasteiger partial charge in [-0.2, -0.15) is 0 Å². The normalized spacial score (nSPS) is 24.4. The number of hydrogen-bond donors (Lipinski definition) is 1. The Bertz CT molecular complexity index is 452. The maximum absolute atomic E-state index is 11.4. The molecule has 90 valence electrons. The maximum Gasteiger partial charge on any atom is 0.194 e. The van der Waals surface area contributed by atoms with Gasteiger partial charge in [-0.25, -0.2) is 13.4 Å². The van der Waals surface area contributed by atoms with Crippen molar-refractivity contribution in [1.29, 1.82) is 0 Å². The maximum atomic E-state index is 11.4. The van der Waals surface area contributed by atoms with E-state index in [9.17, 15) is 8.42 Å². The van der Waals surface area contributed by atoms with Crippen LogP contribution in [-0.4, -0.2) is 24.9 Å². The van der Waals surface area contributed by atoms with Gasteiger partial charge >= 0.3 is 0 Å². The number of sulfone groups is 1. The Labute approximate surface area is 95.0 Å². The fourth-order valence-electron chi connectivity index (χ4n) is 2.06. The molecule has 0 amide bonds. The molecule has 1 atom stereocenters. The standard InChI is InChI=1S/C10H16N2O3S/c11-5-9-6-12-10(15-9)4-8-2-1-3-16(13,14)7-8/h6,8H,1-5,7,11H2. The van der Waals surface area contributed by atoms with Gasteiger partial charge in [-0.3, -0.25) is 0 Å². The number of nitrogens with two attached hydrogens (primary N) is 1. The molecule has 1 saturated heterocycles. The van der Waals surface area contributed by atoms with E-state index in [2.05, 4.69) is 4.98 Å². The zero-order valence-electron chi connectivity index (χ0n) is 9.05. The molecule has 16 heavy (non-hydrogen) atoms. The molecule has 0 saturated carbocycles. The smallest absolute Gasteiger partial charge is 0.194 e. The second kappa shape index (κ2) is 4.55. The molecule has 1 aromatic heterocycles. The monoisotopic (exact) mass is 244 g/mol. The molecule has 6 heteroatoms. The molecule has 2 heterocycles. The molecule has 0 spiro atoms. The summed E-state index contributed by atoms with van der Waals surface area (Å²) < 4.78 is 28.3. The van der Waals surface area contributed by atoms with E-state index in [1.807, 2.05) is 0 Å². The van der Waals surface area contributed by atoms with E-state index in [0.717, 1.165) is 12.8 Å². The van der Waals surface area contributed by atoms with Crippen LogP contribution in [0.25, 0.3) is 0 Å². The summed E-state index contributed by atoms with van der Waals surface area (Å²) in [6.07, 6.45) is 3.88. The number of rotatable bonds is 3. The second-order valence-corrected chi connectivity index (χ2v) is 6.48. The highest BCUT2D eigenvalue weighted by atomic mass is 32.2. The molecule has 1 fully saturated rings. The van der Waals surface area contributed by atoms with Crippen molar-refractivity contribution in [1.82, 2.24) is 4.98 Å². The molecule has 1 unspecified atom stereocenters. The van der Waals surface area contributed by atoms with Crippen molar-refractivity contribution in [2.45, 2.75) is 25.8 Å². The van der Waals surface area contributed by atoms with Crippen LogP contribution in [-0.2, 0) is 22.8 Å². The third-order valence-electron chi connectivity index (χ3n) is 2.82. The summed E-state index contributed by atoms with van der Waals surface area (Å²) in [4.78, 5) is 4.09. The third kappa shape index (κ3) is 2.82. The first kappa shape index (κ1) is 11.6. The van der Waals surface area contributed by atoms with Gasteiger partial charge in [0.1, 0.15) is 5.76 Å². The first-order valence-electron chi connectivity index (χ1n) is 5.43. The molecular formula is C10H16N2O3S. The molecule has 1 aromatic rings. The van der Waals surface area contributed by atoms with Crippen molar-refractivity contribution in [3.05, 3.63) is 17.8 Å². The largest absolute Gasteiger partial charge is 0.444 e. The van der Waals surface area contributed by atoms with Crippen LogP contribution in [0.2, 0.25) is 0 Å². The molecule has 0 radical (unpaired) electrons. The van der Waals surface area contributed by atoms with Gasteiger partial charge in [-0.1, -0.05) is 0 Å². The van der Waals surface area contributed by atoms with Crippen LogP contribution >= 0.6 is 0 Å². The Kier molecular flexibility index (Phi) is 3.30. The Morgan fingerprint density at radius 2 is 2.38 bits per heavy atom. The third-order valence-corrected chi connectivity index (χ3v) is 4.71. The van der Waals surface area contributed by atoms with Crippen molar-refractivity contribution in [3.63, 3.8) is 0 Å². The minimum absolute atomic E-state index is 0.142. The lowest BCUT2D eigenvalue weighted by atomic mass is 10.0. The number of oxazole rings is 1. The van der Waals surface area contributed by atoms with Crippen molar-refractivity contribution in [3.8, 4) is 0 Å². The molecule has 1 aliphatic heterocycles. The Morgan fingerprint density at radius 1 is 1.56 bits per heavy atom. The highest BCUT2D eigenvalue weighted by molar-refractivity contribution is 7.91. The van der Waals surface area contributed by atoms with E-state index in [0.29, 0.717) is 30.4 Å². The summed E-state index contributed by atoms with van der Waals surface area (Å²) in [6, 6.07) is 0. The lowest BCUT2D eigenvalue weighted by Crippen LogP contribution is -2.26. The van der Waals surface area contributed by atoms with Gasteiger partial charge in [-0.15, -0.1) is 0 Å². The predicted molar refractivity (Wildman–Crippen MR) is 59.5 cm³/mol. The summed E-state index contributed by atoms with van der Waals surface area (Å²) in [6.45, 7) is 0.329. The zero-order chi connectivity index (χ0) is 11.6. The van der Waals surface area contributed by atoms with Gasteiger partial charge in [0.05, 0.1) is 24.2 Å². The first-order chi connectivity index (χ1) is 7.59. The van der Waals surface area contributed by atoms with E-state index >= 15 is 0 Å². The minimum Gasteiger partial charge on any atom is -0.444 e. The summed E-state index contributed by atoms with van der Waals surface area (Å²) in [5.41, 5.74) is 5.41. The van der Waals surface area contributed by atoms with Crippen molar-refractivity contribution >= 4 is 9.84 Å². The summed E-state index contributed by atoms with van der Waals surface area (Å²) in [5.74, 6) is 1.97. The predicted octanol–water partition coefficient (Wildman–Crippen LogP) is 0.501. The summed E-state index contributed by atoms with van der Waals surface area (Å²) in [7, 11) is -2.84. The van der Waals surface area contributed by atoms with Gasteiger partial charge in [0.15, 0.2) is 15.7 Å². The summed E-state index contributed by atoms with van der Waals surface area (Å²) >= 11 is 0. The SMILES string of the molecule is NCc1cnc(CC2CCCS(=O)(=O)C2)o1. The Hall–Kier alpha value is -0.880. The van der Waals surface area contributed by atoms with E-state index < -0.39 is 9.84 Å². The van der Waals surface area contributed by atoms with E-state index in [1.165, 1.54) is 0 Å². The van der Waals surface area contributed by atoms with E-state index in [-0.39, 0.29) is 11.7 Å². The van der Waals surface area contributed by atoms with Crippen LogP contribution in [0, 0.1) is 5.92 Å². The summed E-state index contributed by atoms with van der Waals surface area (Å²) in [5, 5.41) is 0. The molecule has 1 aliphatic rings. The van der Waals surface area contributed by atoms with Gasteiger partial charge in [0, 0.05) is 6.42 Å². The lowest BCUT2D eigenvalue weighted by Gasteiger charge is -2.20. The average molecular weight is 244 g/mol. The van der Waals surface area contributed by atoms with Crippen LogP contribution < -0.4 is 5.73 Å². The number of hydrogen-bond acceptors (Lipinski definition) is 5. The molecule has 2 rings (SSSR count). The fraction of sp³-hybridized carbons (Fsp3) is 0.700. The van der Waals surface area contributed by atoms with Crippen LogP contribution in [0.4, 0.5) is 0 Å². The average Bonchev–Trinajstić information content (AvgIpc) is 2.64. The van der Waals surface area contributed by atoms with Crippen LogP contribution in [0.3, 0.4) is 0 Å². The second-order valence-electron chi connectivity index (χ2n) is 4.25. The molecule has 0 aromatic carbocycles. The van der Waals surface area contributed by atoms with Gasteiger partial charge in [0.25, 0.3) is 0 Å². The lowest BCUT2D eigenvalue weighted by molar-refractivity contribution is 0.400. The topological polar surface area (TPSA) is 86.2 Å². The number of nitrogens with zero attached hydrogens (tertiary/aromatic N) is 1. The van der Waals surface area contributed by atoms with Gasteiger partial charge in [-0.05, 0) is 18.8 Å². The first-order valence-corrected chi connectivity index (χ1v) is 7.25. The molecular weight excluding hydrogens is 228 g/mol. The van der Waals surface area contributed by atoms with Gasteiger partial charge in [0.2, 0.25) is 0 Å². The fourth-order valence-corrected chi connectivity index (χ4v) is 3.84. The highest BCUT2D eigenvalue weighted by Gasteiger charge is 2.26. The van der Waals surface area contributed by atoms with Crippen LogP contribution in [0.5, 0.6) is 0 Å². The zero-order valence-corrected chi connectivity index (χ0v) is 9.87. The Balaban J connectivity index is 1.99.